The highest BCUT2D eigenvalue weighted by molar-refractivity contribution is 5.94. The monoisotopic (exact) mass is 364 g/mol. The smallest absolute Gasteiger partial charge is 0.251 e. The summed E-state index contributed by atoms with van der Waals surface area (Å²) in [6, 6.07) is 12.5. The van der Waals surface area contributed by atoms with Crippen LogP contribution < -0.4 is 5.32 Å². The van der Waals surface area contributed by atoms with Crippen LogP contribution in [0.15, 0.2) is 36.4 Å². The van der Waals surface area contributed by atoms with Gasteiger partial charge in [-0.25, -0.2) is 0 Å². The summed E-state index contributed by atoms with van der Waals surface area (Å²) in [7, 11) is 0. The molecule has 1 atom stereocenters. The fraction of sp³-hybridized carbons (Fsp3) is 0.458. The van der Waals surface area contributed by atoms with Gasteiger partial charge in [0.1, 0.15) is 0 Å². The number of aryl methyl sites for hydroxylation is 3. The predicted molar refractivity (Wildman–Crippen MR) is 112 cm³/mol. The Morgan fingerprint density at radius 2 is 1.59 bits per heavy atom. The zero-order valence-corrected chi connectivity index (χ0v) is 17.1. The second-order valence-electron chi connectivity index (χ2n) is 8.02. The van der Waals surface area contributed by atoms with Gasteiger partial charge in [0.25, 0.3) is 5.91 Å². The molecule has 0 radical (unpaired) electrons. The first-order chi connectivity index (χ1) is 12.9. The van der Waals surface area contributed by atoms with E-state index >= 15 is 0 Å². The molecular formula is C24H32N2O. The van der Waals surface area contributed by atoms with Crippen molar-refractivity contribution in [3.63, 3.8) is 0 Å². The van der Waals surface area contributed by atoms with E-state index < -0.39 is 0 Å². The lowest BCUT2D eigenvalue weighted by Crippen LogP contribution is -2.29. The summed E-state index contributed by atoms with van der Waals surface area (Å²) < 4.78 is 0. The summed E-state index contributed by atoms with van der Waals surface area (Å²) >= 11 is 0. The second kappa shape index (κ2) is 8.71. The highest BCUT2D eigenvalue weighted by atomic mass is 16.1. The molecule has 0 spiro atoms. The number of carbonyl (C=O) groups excluding carboxylic acids is 1. The molecule has 1 N–H and O–H groups in total. The maximum atomic E-state index is 12.7. The molecule has 1 fully saturated rings. The number of amides is 1. The topological polar surface area (TPSA) is 32.3 Å². The van der Waals surface area contributed by atoms with E-state index in [0.29, 0.717) is 0 Å². The molecule has 27 heavy (non-hydrogen) atoms. The van der Waals surface area contributed by atoms with Gasteiger partial charge in [-0.1, -0.05) is 30.7 Å². The average Bonchev–Trinajstić information content (AvgIpc) is 2.66. The maximum absolute atomic E-state index is 12.7. The molecule has 1 amide bonds. The number of hydrogen-bond donors (Lipinski definition) is 1. The van der Waals surface area contributed by atoms with E-state index in [2.05, 4.69) is 62.2 Å². The van der Waals surface area contributed by atoms with E-state index in [9.17, 15) is 4.79 Å². The molecule has 3 nitrogen and oxygen atoms in total. The zero-order valence-electron chi connectivity index (χ0n) is 17.1. The van der Waals surface area contributed by atoms with Gasteiger partial charge in [0.05, 0.1) is 6.04 Å². The molecule has 1 saturated heterocycles. The SMILES string of the molecule is Cc1cc(C)c(C(C)NC(=O)c2ccc(CN3CCCCC3)cc2)cc1C. The minimum atomic E-state index is -0.00958. The molecule has 3 rings (SSSR count). The van der Waals surface area contributed by atoms with Crippen molar-refractivity contribution >= 4 is 5.91 Å². The molecule has 1 aliphatic heterocycles. The number of nitrogens with one attached hydrogen (secondary N) is 1. The van der Waals surface area contributed by atoms with Crippen LogP contribution in [0.4, 0.5) is 0 Å². The highest BCUT2D eigenvalue weighted by Crippen LogP contribution is 2.22. The van der Waals surface area contributed by atoms with Gasteiger partial charge in [0, 0.05) is 12.1 Å². The van der Waals surface area contributed by atoms with Crippen molar-refractivity contribution in [2.24, 2.45) is 0 Å². The van der Waals surface area contributed by atoms with Gasteiger partial charge in [-0.05, 0) is 93.6 Å². The average molecular weight is 365 g/mol. The van der Waals surface area contributed by atoms with Crippen LogP contribution in [0.5, 0.6) is 0 Å². The molecule has 144 valence electrons. The van der Waals surface area contributed by atoms with Gasteiger partial charge in [0.15, 0.2) is 0 Å². The van der Waals surface area contributed by atoms with E-state index in [1.165, 1.54) is 60.2 Å². The Labute approximate surface area is 163 Å². The molecule has 3 heteroatoms. The fourth-order valence-electron chi connectivity index (χ4n) is 3.94. The number of piperidine rings is 1. The lowest BCUT2D eigenvalue weighted by atomic mass is 9.96. The number of carbonyl (C=O) groups is 1. The zero-order chi connectivity index (χ0) is 19.4. The molecule has 0 aromatic heterocycles. The van der Waals surface area contributed by atoms with Crippen molar-refractivity contribution in [1.29, 1.82) is 0 Å². The first-order valence-corrected chi connectivity index (χ1v) is 10.1. The second-order valence-corrected chi connectivity index (χ2v) is 8.02. The number of hydrogen-bond acceptors (Lipinski definition) is 2. The van der Waals surface area contributed by atoms with Gasteiger partial charge < -0.3 is 5.32 Å². The molecule has 1 unspecified atom stereocenters. The highest BCUT2D eigenvalue weighted by Gasteiger charge is 2.15. The van der Waals surface area contributed by atoms with Gasteiger partial charge in [-0.2, -0.15) is 0 Å². The Kier molecular flexibility index (Phi) is 6.33. The first kappa shape index (κ1) is 19.6. The lowest BCUT2D eigenvalue weighted by Gasteiger charge is -2.26. The minimum absolute atomic E-state index is 0.00942. The normalized spacial score (nSPS) is 16.1. The van der Waals surface area contributed by atoms with Crippen LogP contribution in [0.3, 0.4) is 0 Å². The summed E-state index contributed by atoms with van der Waals surface area (Å²) in [6.07, 6.45) is 3.96. The number of benzene rings is 2. The third-order valence-electron chi connectivity index (χ3n) is 5.77. The van der Waals surface area contributed by atoms with Crippen molar-refractivity contribution in [3.8, 4) is 0 Å². The molecule has 2 aromatic carbocycles. The van der Waals surface area contributed by atoms with E-state index in [4.69, 9.17) is 0 Å². The third-order valence-corrected chi connectivity index (χ3v) is 5.77. The van der Waals surface area contributed by atoms with Crippen LogP contribution in [0, 0.1) is 20.8 Å². The van der Waals surface area contributed by atoms with Crippen molar-refractivity contribution in [1.82, 2.24) is 10.2 Å². The Bertz CT molecular complexity index is 789. The summed E-state index contributed by atoms with van der Waals surface area (Å²) in [6.45, 7) is 11.8. The van der Waals surface area contributed by atoms with Gasteiger partial charge in [-0.3, -0.25) is 9.69 Å². The quantitative estimate of drug-likeness (QED) is 0.801. The maximum Gasteiger partial charge on any atom is 0.251 e. The third kappa shape index (κ3) is 4.98. The van der Waals surface area contributed by atoms with Crippen LogP contribution in [-0.4, -0.2) is 23.9 Å². The van der Waals surface area contributed by atoms with Crippen molar-refractivity contribution in [2.45, 2.75) is 59.5 Å². The summed E-state index contributed by atoms with van der Waals surface area (Å²) in [5, 5.41) is 3.15. The van der Waals surface area contributed by atoms with Crippen LogP contribution in [-0.2, 0) is 6.54 Å². The van der Waals surface area contributed by atoms with E-state index in [1.54, 1.807) is 0 Å². The largest absolute Gasteiger partial charge is 0.346 e. The van der Waals surface area contributed by atoms with Gasteiger partial charge in [0.2, 0.25) is 0 Å². The molecule has 0 bridgehead atoms. The van der Waals surface area contributed by atoms with E-state index in [0.717, 1.165) is 12.1 Å². The molecule has 0 saturated carbocycles. The Hall–Kier alpha value is -2.13. The van der Waals surface area contributed by atoms with E-state index in [1.807, 2.05) is 12.1 Å². The summed E-state index contributed by atoms with van der Waals surface area (Å²) in [4.78, 5) is 15.2. The molecular weight excluding hydrogens is 332 g/mol. The molecule has 1 heterocycles. The number of likely N-dealkylation sites (tertiary alicyclic amines) is 1. The van der Waals surface area contributed by atoms with Crippen LogP contribution in [0.25, 0.3) is 0 Å². The van der Waals surface area contributed by atoms with Crippen LogP contribution >= 0.6 is 0 Å². The summed E-state index contributed by atoms with van der Waals surface area (Å²) in [5.74, 6) is -0.00958. The van der Waals surface area contributed by atoms with Crippen molar-refractivity contribution in [2.75, 3.05) is 13.1 Å². The summed E-state index contributed by atoms with van der Waals surface area (Å²) in [5.41, 5.74) is 6.98. The Morgan fingerprint density at radius 1 is 0.963 bits per heavy atom. The van der Waals surface area contributed by atoms with Crippen LogP contribution in [0.1, 0.15) is 70.4 Å². The molecule has 1 aliphatic rings. The minimum Gasteiger partial charge on any atom is -0.346 e. The Balaban J connectivity index is 1.63. The lowest BCUT2D eigenvalue weighted by molar-refractivity contribution is 0.0940. The standard InChI is InChI=1S/C24H32N2O/c1-17-14-19(3)23(15-18(17)2)20(4)25-24(27)22-10-8-21(9-11-22)16-26-12-6-5-7-13-26/h8-11,14-15,20H,5-7,12-13,16H2,1-4H3,(H,25,27). The molecule has 2 aromatic rings. The first-order valence-electron chi connectivity index (χ1n) is 10.1. The Morgan fingerprint density at radius 3 is 2.26 bits per heavy atom. The predicted octanol–water partition coefficient (Wildman–Crippen LogP) is 5.09. The fourth-order valence-corrected chi connectivity index (χ4v) is 3.94. The van der Waals surface area contributed by atoms with Crippen LogP contribution in [0.2, 0.25) is 0 Å². The van der Waals surface area contributed by atoms with Gasteiger partial charge in [-0.15, -0.1) is 0 Å². The number of nitrogens with zero attached hydrogens (tertiary/aromatic N) is 1. The van der Waals surface area contributed by atoms with Gasteiger partial charge >= 0.3 is 0 Å². The van der Waals surface area contributed by atoms with Crippen molar-refractivity contribution in [3.05, 3.63) is 69.8 Å². The number of rotatable bonds is 5. The van der Waals surface area contributed by atoms with Crippen molar-refractivity contribution < 1.29 is 4.79 Å². The van der Waals surface area contributed by atoms with E-state index in [-0.39, 0.29) is 11.9 Å². The molecule has 0 aliphatic carbocycles.